The SMILES string of the molecule is N.NS(=O)(=O)c1cccc2ccccc12. The van der Waals surface area contributed by atoms with Crippen LogP contribution in [0.1, 0.15) is 0 Å². The fourth-order valence-electron chi connectivity index (χ4n) is 1.44. The van der Waals surface area contributed by atoms with E-state index in [2.05, 4.69) is 0 Å². The van der Waals surface area contributed by atoms with Crippen molar-refractivity contribution in [2.45, 2.75) is 4.90 Å². The van der Waals surface area contributed by atoms with Gasteiger partial charge in [-0.2, -0.15) is 0 Å². The van der Waals surface area contributed by atoms with Crippen molar-refractivity contribution < 1.29 is 8.42 Å². The molecular formula is C10H12N2O2S. The fourth-order valence-corrected chi connectivity index (χ4v) is 2.20. The van der Waals surface area contributed by atoms with Gasteiger partial charge in [0.1, 0.15) is 0 Å². The van der Waals surface area contributed by atoms with Gasteiger partial charge in [0.15, 0.2) is 0 Å². The standard InChI is InChI=1S/C10H9NO2S.H3N/c11-14(12,13)10-7-3-5-8-4-1-2-6-9(8)10;/h1-7H,(H2,11,12,13);1H3. The smallest absolute Gasteiger partial charge is 0.238 e. The molecule has 0 bridgehead atoms. The topological polar surface area (TPSA) is 95.2 Å². The predicted octanol–water partition coefficient (Wildman–Crippen LogP) is 1.65. The summed E-state index contributed by atoms with van der Waals surface area (Å²) in [5, 5.41) is 6.63. The number of nitrogens with two attached hydrogens (primary N) is 1. The third-order valence-corrected chi connectivity index (χ3v) is 3.03. The average Bonchev–Trinajstić information content (AvgIpc) is 2.15. The van der Waals surface area contributed by atoms with Crippen LogP contribution in [0.2, 0.25) is 0 Å². The Labute approximate surface area is 88.3 Å². The zero-order valence-electron chi connectivity index (χ0n) is 8.05. The maximum Gasteiger partial charge on any atom is 0.238 e. The zero-order chi connectivity index (χ0) is 10.2. The van der Waals surface area contributed by atoms with Gasteiger partial charge in [0.05, 0.1) is 4.90 Å². The first-order valence-electron chi connectivity index (χ1n) is 4.09. The van der Waals surface area contributed by atoms with Crippen LogP contribution in [-0.4, -0.2) is 8.42 Å². The van der Waals surface area contributed by atoms with E-state index in [4.69, 9.17) is 5.14 Å². The van der Waals surface area contributed by atoms with Gasteiger partial charge in [0.2, 0.25) is 10.0 Å². The maximum atomic E-state index is 11.2. The number of rotatable bonds is 1. The van der Waals surface area contributed by atoms with E-state index in [0.717, 1.165) is 5.39 Å². The number of sulfonamides is 1. The summed E-state index contributed by atoms with van der Waals surface area (Å²) in [6.07, 6.45) is 0. The number of primary sulfonamides is 1. The Bertz CT molecular complexity index is 573. The minimum absolute atomic E-state index is 0. The first-order chi connectivity index (χ1) is 6.59. The molecule has 2 aromatic rings. The van der Waals surface area contributed by atoms with E-state index in [1.54, 1.807) is 18.2 Å². The summed E-state index contributed by atoms with van der Waals surface area (Å²) in [6.45, 7) is 0. The zero-order valence-corrected chi connectivity index (χ0v) is 8.87. The van der Waals surface area contributed by atoms with Gasteiger partial charge < -0.3 is 6.15 Å². The van der Waals surface area contributed by atoms with E-state index >= 15 is 0 Å². The molecule has 80 valence electrons. The van der Waals surface area contributed by atoms with Crippen LogP contribution in [0.15, 0.2) is 47.4 Å². The minimum Gasteiger partial charge on any atom is -0.344 e. The van der Waals surface area contributed by atoms with Crippen LogP contribution in [-0.2, 0) is 10.0 Å². The Morgan fingerprint density at radius 3 is 2.20 bits per heavy atom. The lowest BCUT2D eigenvalue weighted by atomic mass is 10.1. The maximum absolute atomic E-state index is 11.2. The van der Waals surface area contributed by atoms with Gasteiger partial charge in [0.25, 0.3) is 0 Å². The highest BCUT2D eigenvalue weighted by Crippen LogP contribution is 2.21. The highest BCUT2D eigenvalue weighted by Gasteiger charge is 2.10. The van der Waals surface area contributed by atoms with E-state index in [1.165, 1.54) is 6.07 Å². The lowest BCUT2D eigenvalue weighted by Gasteiger charge is -2.02. The van der Waals surface area contributed by atoms with Crippen LogP contribution in [0.4, 0.5) is 0 Å². The van der Waals surface area contributed by atoms with Crippen LogP contribution >= 0.6 is 0 Å². The third kappa shape index (κ3) is 2.15. The molecule has 0 heterocycles. The Kier molecular flexibility index (Phi) is 3.09. The summed E-state index contributed by atoms with van der Waals surface area (Å²) in [5.74, 6) is 0. The van der Waals surface area contributed by atoms with Crippen molar-refractivity contribution in [2.24, 2.45) is 5.14 Å². The largest absolute Gasteiger partial charge is 0.344 e. The van der Waals surface area contributed by atoms with Gasteiger partial charge in [-0.25, -0.2) is 13.6 Å². The summed E-state index contributed by atoms with van der Waals surface area (Å²) < 4.78 is 22.4. The van der Waals surface area contributed by atoms with E-state index in [1.807, 2.05) is 18.2 Å². The molecule has 5 heteroatoms. The van der Waals surface area contributed by atoms with Crippen molar-refractivity contribution in [3.63, 3.8) is 0 Å². The Balaban J connectivity index is 0.00000112. The molecule has 0 spiro atoms. The minimum atomic E-state index is -3.63. The van der Waals surface area contributed by atoms with E-state index < -0.39 is 10.0 Å². The fraction of sp³-hybridized carbons (Fsp3) is 0. The molecule has 0 atom stereocenters. The van der Waals surface area contributed by atoms with Crippen LogP contribution < -0.4 is 11.3 Å². The van der Waals surface area contributed by atoms with Crippen molar-refractivity contribution in [1.82, 2.24) is 6.15 Å². The quantitative estimate of drug-likeness (QED) is 0.770. The van der Waals surface area contributed by atoms with Crippen LogP contribution in [0.5, 0.6) is 0 Å². The molecule has 2 rings (SSSR count). The normalized spacial score (nSPS) is 11.0. The Morgan fingerprint density at radius 1 is 0.933 bits per heavy atom. The van der Waals surface area contributed by atoms with Gasteiger partial charge in [-0.3, -0.25) is 0 Å². The Hall–Kier alpha value is -1.43. The molecule has 0 aliphatic rings. The lowest BCUT2D eigenvalue weighted by molar-refractivity contribution is 0.598. The number of hydrogen-bond acceptors (Lipinski definition) is 3. The van der Waals surface area contributed by atoms with Crippen molar-refractivity contribution >= 4 is 20.8 Å². The second kappa shape index (κ2) is 3.98. The second-order valence-electron chi connectivity index (χ2n) is 3.02. The molecule has 5 N–H and O–H groups in total. The predicted molar refractivity (Wildman–Crippen MR) is 60.3 cm³/mol. The van der Waals surface area contributed by atoms with Crippen molar-refractivity contribution in [1.29, 1.82) is 0 Å². The first-order valence-corrected chi connectivity index (χ1v) is 5.64. The van der Waals surface area contributed by atoms with E-state index in [9.17, 15) is 8.42 Å². The van der Waals surface area contributed by atoms with Gasteiger partial charge in [-0.15, -0.1) is 0 Å². The van der Waals surface area contributed by atoms with E-state index in [0.29, 0.717) is 5.39 Å². The number of fused-ring (bicyclic) bond motifs is 1. The molecule has 0 saturated heterocycles. The summed E-state index contributed by atoms with van der Waals surface area (Å²) >= 11 is 0. The molecule has 0 radical (unpaired) electrons. The van der Waals surface area contributed by atoms with E-state index in [-0.39, 0.29) is 11.0 Å². The molecule has 0 aliphatic carbocycles. The second-order valence-corrected chi connectivity index (χ2v) is 4.55. The highest BCUT2D eigenvalue weighted by molar-refractivity contribution is 7.89. The average molecular weight is 224 g/mol. The molecule has 0 aliphatic heterocycles. The Morgan fingerprint density at radius 2 is 1.53 bits per heavy atom. The first kappa shape index (κ1) is 11.6. The molecule has 4 nitrogen and oxygen atoms in total. The van der Waals surface area contributed by atoms with Gasteiger partial charge >= 0.3 is 0 Å². The molecule has 0 aromatic heterocycles. The summed E-state index contributed by atoms with van der Waals surface area (Å²) in [7, 11) is -3.63. The van der Waals surface area contributed by atoms with Crippen molar-refractivity contribution in [2.75, 3.05) is 0 Å². The van der Waals surface area contributed by atoms with Crippen LogP contribution in [0.25, 0.3) is 10.8 Å². The van der Waals surface area contributed by atoms with Crippen LogP contribution in [0, 0.1) is 0 Å². The monoisotopic (exact) mass is 224 g/mol. The van der Waals surface area contributed by atoms with Crippen molar-refractivity contribution in [3.05, 3.63) is 42.5 Å². The summed E-state index contributed by atoms with van der Waals surface area (Å²) in [4.78, 5) is 0.176. The van der Waals surface area contributed by atoms with Gasteiger partial charge in [-0.05, 0) is 11.5 Å². The number of benzene rings is 2. The summed E-state index contributed by atoms with van der Waals surface area (Å²) in [6, 6.07) is 12.3. The summed E-state index contributed by atoms with van der Waals surface area (Å²) in [5.41, 5.74) is 0. The third-order valence-electron chi connectivity index (χ3n) is 2.06. The molecule has 0 fully saturated rings. The number of hydrogen-bond donors (Lipinski definition) is 2. The molecule has 0 unspecified atom stereocenters. The van der Waals surface area contributed by atoms with Crippen molar-refractivity contribution in [3.8, 4) is 0 Å². The molecule has 0 amide bonds. The van der Waals surface area contributed by atoms with Crippen LogP contribution in [0.3, 0.4) is 0 Å². The van der Waals surface area contributed by atoms with Gasteiger partial charge in [0, 0.05) is 5.39 Å². The molecule has 2 aromatic carbocycles. The molecule has 0 saturated carbocycles. The molecular weight excluding hydrogens is 212 g/mol. The highest BCUT2D eigenvalue weighted by atomic mass is 32.2. The van der Waals surface area contributed by atoms with Gasteiger partial charge in [-0.1, -0.05) is 36.4 Å². The molecule has 15 heavy (non-hydrogen) atoms. The lowest BCUT2D eigenvalue weighted by Crippen LogP contribution is -2.12.